The molecule has 0 radical (unpaired) electrons. The van der Waals surface area contributed by atoms with Crippen LogP contribution in [0.5, 0.6) is 0 Å². The lowest BCUT2D eigenvalue weighted by molar-refractivity contribution is -0.117. The largest absolute Gasteiger partial charge is 0.341 e. The van der Waals surface area contributed by atoms with Gasteiger partial charge in [-0.25, -0.2) is 0 Å². The molecular formula is C23H22N2O2. The van der Waals surface area contributed by atoms with Gasteiger partial charge in [0.2, 0.25) is 5.91 Å². The zero-order valence-electron chi connectivity index (χ0n) is 15.2. The SMILES string of the molecule is CC(NC(=O)c1ccccc1)C(=O)Nc1ccccc1Cc1ccccc1. The predicted octanol–water partition coefficient (Wildman–Crippen LogP) is 4.03. The van der Waals surface area contributed by atoms with Crippen LogP contribution in [0.3, 0.4) is 0 Å². The summed E-state index contributed by atoms with van der Waals surface area (Å²) in [6, 6.07) is 26.0. The number of amides is 2. The lowest BCUT2D eigenvalue weighted by Gasteiger charge is -2.16. The van der Waals surface area contributed by atoms with Gasteiger partial charge in [0.1, 0.15) is 6.04 Å². The van der Waals surface area contributed by atoms with E-state index in [0.717, 1.165) is 17.7 Å². The summed E-state index contributed by atoms with van der Waals surface area (Å²) in [4.78, 5) is 24.8. The average Bonchev–Trinajstić information content (AvgIpc) is 2.71. The smallest absolute Gasteiger partial charge is 0.251 e. The molecule has 27 heavy (non-hydrogen) atoms. The van der Waals surface area contributed by atoms with E-state index in [1.54, 1.807) is 31.2 Å². The molecule has 0 fully saturated rings. The summed E-state index contributed by atoms with van der Waals surface area (Å²) in [7, 11) is 0. The molecule has 3 aromatic carbocycles. The van der Waals surface area contributed by atoms with Gasteiger partial charge >= 0.3 is 0 Å². The van der Waals surface area contributed by atoms with Gasteiger partial charge in [-0.05, 0) is 42.7 Å². The van der Waals surface area contributed by atoms with Crippen molar-refractivity contribution in [3.8, 4) is 0 Å². The molecule has 4 nitrogen and oxygen atoms in total. The molecule has 0 aliphatic carbocycles. The Bertz CT molecular complexity index is 908. The molecule has 1 atom stereocenters. The Kier molecular flexibility index (Phi) is 6.00. The van der Waals surface area contributed by atoms with E-state index in [1.807, 2.05) is 48.5 Å². The van der Waals surface area contributed by atoms with Gasteiger partial charge in [0, 0.05) is 11.3 Å². The standard InChI is InChI=1S/C23H22N2O2/c1-17(24-23(27)19-12-6-3-7-13-19)22(26)25-21-15-9-8-14-20(21)16-18-10-4-2-5-11-18/h2-15,17H,16H2,1H3,(H,24,27)(H,25,26). The van der Waals surface area contributed by atoms with Crippen LogP contribution in [0, 0.1) is 0 Å². The molecule has 0 heterocycles. The number of para-hydroxylation sites is 1. The van der Waals surface area contributed by atoms with E-state index < -0.39 is 6.04 Å². The number of nitrogens with one attached hydrogen (secondary N) is 2. The van der Waals surface area contributed by atoms with Crippen LogP contribution in [0.15, 0.2) is 84.9 Å². The Morgan fingerprint density at radius 1 is 0.815 bits per heavy atom. The topological polar surface area (TPSA) is 58.2 Å². The molecule has 4 heteroatoms. The summed E-state index contributed by atoms with van der Waals surface area (Å²) in [6.45, 7) is 1.68. The molecule has 3 rings (SSSR count). The second-order valence-corrected chi connectivity index (χ2v) is 6.37. The zero-order chi connectivity index (χ0) is 19.1. The van der Waals surface area contributed by atoms with Crippen molar-refractivity contribution in [1.29, 1.82) is 0 Å². The molecule has 2 amide bonds. The van der Waals surface area contributed by atoms with Crippen molar-refractivity contribution in [3.63, 3.8) is 0 Å². The number of anilines is 1. The minimum absolute atomic E-state index is 0.250. The van der Waals surface area contributed by atoms with Crippen LogP contribution in [0.4, 0.5) is 5.69 Å². The van der Waals surface area contributed by atoms with Crippen LogP contribution in [0.25, 0.3) is 0 Å². The van der Waals surface area contributed by atoms with Gasteiger partial charge in [-0.15, -0.1) is 0 Å². The lowest BCUT2D eigenvalue weighted by atomic mass is 10.0. The molecule has 136 valence electrons. The Morgan fingerprint density at radius 3 is 2.11 bits per heavy atom. The maximum absolute atomic E-state index is 12.6. The van der Waals surface area contributed by atoms with Crippen molar-refractivity contribution in [3.05, 3.63) is 102 Å². The highest BCUT2D eigenvalue weighted by Crippen LogP contribution is 2.19. The lowest BCUT2D eigenvalue weighted by Crippen LogP contribution is -2.41. The molecule has 0 aromatic heterocycles. The third-order valence-electron chi connectivity index (χ3n) is 4.29. The second-order valence-electron chi connectivity index (χ2n) is 6.37. The molecular weight excluding hydrogens is 336 g/mol. The number of hydrogen-bond acceptors (Lipinski definition) is 2. The van der Waals surface area contributed by atoms with E-state index >= 15 is 0 Å². The van der Waals surface area contributed by atoms with Crippen LogP contribution < -0.4 is 10.6 Å². The maximum Gasteiger partial charge on any atom is 0.251 e. The average molecular weight is 358 g/mol. The van der Waals surface area contributed by atoms with Gasteiger partial charge in [-0.1, -0.05) is 66.7 Å². The molecule has 0 aliphatic rings. The van der Waals surface area contributed by atoms with Crippen LogP contribution in [0.2, 0.25) is 0 Å². The molecule has 2 N–H and O–H groups in total. The van der Waals surface area contributed by atoms with Crippen LogP contribution in [0.1, 0.15) is 28.4 Å². The minimum atomic E-state index is -0.650. The fraction of sp³-hybridized carbons (Fsp3) is 0.130. The van der Waals surface area contributed by atoms with E-state index in [4.69, 9.17) is 0 Å². The number of hydrogen-bond donors (Lipinski definition) is 2. The molecule has 1 unspecified atom stereocenters. The Balaban J connectivity index is 1.66. The minimum Gasteiger partial charge on any atom is -0.341 e. The Labute approximate surface area is 159 Å². The van der Waals surface area contributed by atoms with E-state index in [9.17, 15) is 9.59 Å². The molecule has 0 saturated carbocycles. The number of carbonyl (C=O) groups excluding carboxylic acids is 2. The van der Waals surface area contributed by atoms with Gasteiger partial charge in [0.15, 0.2) is 0 Å². The van der Waals surface area contributed by atoms with Crippen molar-refractivity contribution in [2.24, 2.45) is 0 Å². The first kappa shape index (κ1) is 18.4. The normalized spacial score (nSPS) is 11.4. The van der Waals surface area contributed by atoms with Crippen molar-refractivity contribution in [2.45, 2.75) is 19.4 Å². The first-order valence-electron chi connectivity index (χ1n) is 8.92. The molecule has 0 spiro atoms. The molecule has 3 aromatic rings. The summed E-state index contributed by atoms with van der Waals surface area (Å²) < 4.78 is 0. The first-order valence-corrected chi connectivity index (χ1v) is 8.92. The fourth-order valence-corrected chi connectivity index (χ4v) is 2.79. The summed E-state index contributed by atoms with van der Waals surface area (Å²) >= 11 is 0. The summed E-state index contributed by atoms with van der Waals surface area (Å²) in [5, 5.41) is 5.67. The maximum atomic E-state index is 12.6. The highest BCUT2D eigenvalue weighted by Gasteiger charge is 2.17. The number of benzene rings is 3. The van der Waals surface area contributed by atoms with Crippen LogP contribution >= 0.6 is 0 Å². The van der Waals surface area contributed by atoms with Crippen LogP contribution in [-0.2, 0) is 11.2 Å². The second kappa shape index (κ2) is 8.81. The number of carbonyl (C=O) groups is 2. The van der Waals surface area contributed by atoms with Gasteiger partial charge in [0.05, 0.1) is 0 Å². The third-order valence-corrected chi connectivity index (χ3v) is 4.29. The van der Waals surface area contributed by atoms with E-state index in [-0.39, 0.29) is 11.8 Å². The summed E-state index contributed by atoms with van der Waals surface area (Å²) in [5.74, 6) is -0.518. The number of rotatable bonds is 6. The van der Waals surface area contributed by atoms with Crippen molar-refractivity contribution in [1.82, 2.24) is 5.32 Å². The zero-order valence-corrected chi connectivity index (χ0v) is 15.2. The van der Waals surface area contributed by atoms with Crippen molar-refractivity contribution < 1.29 is 9.59 Å². The van der Waals surface area contributed by atoms with Gasteiger partial charge in [-0.2, -0.15) is 0 Å². The molecule has 0 saturated heterocycles. The van der Waals surface area contributed by atoms with Crippen molar-refractivity contribution in [2.75, 3.05) is 5.32 Å². The predicted molar refractivity (Wildman–Crippen MR) is 108 cm³/mol. The highest BCUT2D eigenvalue weighted by molar-refractivity contribution is 6.01. The Morgan fingerprint density at radius 2 is 1.41 bits per heavy atom. The fourth-order valence-electron chi connectivity index (χ4n) is 2.79. The van der Waals surface area contributed by atoms with Crippen molar-refractivity contribution >= 4 is 17.5 Å². The molecule has 0 aliphatic heterocycles. The molecule has 0 bridgehead atoms. The van der Waals surface area contributed by atoms with E-state index in [1.165, 1.54) is 5.56 Å². The quantitative estimate of drug-likeness (QED) is 0.699. The first-order chi connectivity index (χ1) is 13.1. The summed E-state index contributed by atoms with van der Waals surface area (Å²) in [5.41, 5.74) is 3.48. The Hall–Kier alpha value is -3.40. The monoisotopic (exact) mass is 358 g/mol. The van der Waals surface area contributed by atoms with Gasteiger partial charge in [0.25, 0.3) is 5.91 Å². The summed E-state index contributed by atoms with van der Waals surface area (Å²) in [6.07, 6.45) is 0.724. The van der Waals surface area contributed by atoms with Gasteiger partial charge < -0.3 is 10.6 Å². The van der Waals surface area contributed by atoms with Crippen LogP contribution in [-0.4, -0.2) is 17.9 Å². The third kappa shape index (κ3) is 5.05. The van der Waals surface area contributed by atoms with E-state index in [0.29, 0.717) is 5.56 Å². The highest BCUT2D eigenvalue weighted by atomic mass is 16.2. The van der Waals surface area contributed by atoms with E-state index in [2.05, 4.69) is 22.8 Å². The van der Waals surface area contributed by atoms with Gasteiger partial charge in [-0.3, -0.25) is 9.59 Å².